The molecule has 1 N–H and O–H groups in total. The van der Waals surface area contributed by atoms with Crippen molar-refractivity contribution in [3.8, 4) is 0 Å². The molecule has 1 aliphatic carbocycles. The predicted octanol–water partition coefficient (Wildman–Crippen LogP) is 0.993. The molecule has 1 aliphatic rings. The molecule has 0 spiro atoms. The Balaban J connectivity index is 2.35. The molecule has 0 heterocycles. The number of methoxy groups -OCH3 is 1. The molecule has 5 nitrogen and oxygen atoms in total. The number of hydrogen-bond acceptors (Lipinski definition) is 4. The average Bonchev–Trinajstić information content (AvgIpc) is 3.07. The van der Waals surface area contributed by atoms with E-state index in [-0.39, 0.29) is 29.1 Å². The Hall–Kier alpha value is -0.910. The Labute approximate surface area is 116 Å². The maximum absolute atomic E-state index is 11.9. The van der Waals surface area contributed by atoms with E-state index in [1.807, 2.05) is 13.8 Å². The first-order valence-corrected chi connectivity index (χ1v) is 8.11. The summed E-state index contributed by atoms with van der Waals surface area (Å²) in [6.45, 7) is 3.90. The van der Waals surface area contributed by atoms with Gasteiger partial charge in [-0.2, -0.15) is 0 Å². The lowest BCUT2D eigenvalue weighted by molar-refractivity contribution is -0.141. The third kappa shape index (κ3) is 5.72. The number of ether oxygens (including phenoxy) is 1. The van der Waals surface area contributed by atoms with Crippen molar-refractivity contribution in [1.82, 2.24) is 5.32 Å². The lowest BCUT2D eigenvalue weighted by Crippen LogP contribution is -2.36. The van der Waals surface area contributed by atoms with Crippen LogP contribution in [0.3, 0.4) is 0 Å². The minimum atomic E-state index is -1.21. The van der Waals surface area contributed by atoms with Gasteiger partial charge < -0.3 is 10.1 Å². The van der Waals surface area contributed by atoms with Crippen LogP contribution in [0.5, 0.6) is 0 Å². The van der Waals surface area contributed by atoms with E-state index in [0.717, 1.165) is 19.3 Å². The largest absolute Gasteiger partial charge is 0.469 e. The van der Waals surface area contributed by atoms with Crippen LogP contribution in [0.4, 0.5) is 0 Å². The molecule has 0 aromatic carbocycles. The molecular weight excluding hydrogens is 266 g/mol. The zero-order valence-corrected chi connectivity index (χ0v) is 12.7. The molecule has 1 rings (SSSR count). The van der Waals surface area contributed by atoms with Gasteiger partial charge in [0.15, 0.2) is 0 Å². The van der Waals surface area contributed by atoms with Crippen molar-refractivity contribution in [1.29, 1.82) is 0 Å². The van der Waals surface area contributed by atoms with Gasteiger partial charge in [0.25, 0.3) is 0 Å². The van der Waals surface area contributed by atoms with E-state index in [0.29, 0.717) is 12.2 Å². The van der Waals surface area contributed by atoms with E-state index in [4.69, 9.17) is 0 Å². The van der Waals surface area contributed by atoms with Crippen molar-refractivity contribution < 1.29 is 18.5 Å². The van der Waals surface area contributed by atoms with Crippen LogP contribution < -0.4 is 5.32 Å². The van der Waals surface area contributed by atoms with Crippen molar-refractivity contribution >= 4 is 22.7 Å². The molecule has 6 heteroatoms. The standard InChI is InChI=1S/C13H23NO4S/c1-4-10(2)14-11(15)8-19(17)9-13(5-6-13)7-12(16)18-3/h10H,4-9H2,1-3H3,(H,14,15). The molecule has 0 aliphatic heterocycles. The Morgan fingerprint density at radius 1 is 1.42 bits per heavy atom. The predicted molar refractivity (Wildman–Crippen MR) is 74.1 cm³/mol. The zero-order chi connectivity index (χ0) is 14.5. The summed E-state index contributed by atoms with van der Waals surface area (Å²) in [5.41, 5.74) is -0.186. The van der Waals surface area contributed by atoms with Gasteiger partial charge in [0.2, 0.25) is 5.91 Å². The van der Waals surface area contributed by atoms with Crippen LogP contribution in [-0.2, 0) is 25.1 Å². The van der Waals surface area contributed by atoms with Crippen LogP contribution in [0.2, 0.25) is 0 Å². The van der Waals surface area contributed by atoms with Gasteiger partial charge in [-0.15, -0.1) is 0 Å². The summed E-state index contributed by atoms with van der Waals surface area (Å²) in [5.74, 6) is -0.0105. The fourth-order valence-corrected chi connectivity index (χ4v) is 3.44. The molecule has 110 valence electrons. The van der Waals surface area contributed by atoms with Crippen LogP contribution in [-0.4, -0.2) is 40.7 Å². The van der Waals surface area contributed by atoms with E-state index >= 15 is 0 Å². The lowest BCUT2D eigenvalue weighted by Gasteiger charge is -2.14. The highest BCUT2D eigenvalue weighted by Crippen LogP contribution is 2.49. The van der Waals surface area contributed by atoms with Crippen LogP contribution in [0.1, 0.15) is 39.5 Å². The first-order valence-electron chi connectivity index (χ1n) is 6.62. The second-order valence-electron chi connectivity index (χ2n) is 5.36. The van der Waals surface area contributed by atoms with Gasteiger partial charge in [0, 0.05) is 22.6 Å². The number of nitrogens with one attached hydrogen (secondary N) is 1. The highest BCUT2D eigenvalue weighted by atomic mass is 32.2. The fourth-order valence-electron chi connectivity index (χ4n) is 1.88. The van der Waals surface area contributed by atoms with E-state index in [1.165, 1.54) is 7.11 Å². The number of carbonyl (C=O) groups is 2. The monoisotopic (exact) mass is 289 g/mol. The van der Waals surface area contributed by atoms with Gasteiger partial charge in [-0.3, -0.25) is 13.8 Å². The van der Waals surface area contributed by atoms with Gasteiger partial charge in [-0.1, -0.05) is 6.92 Å². The summed E-state index contributed by atoms with van der Waals surface area (Å²) < 4.78 is 16.6. The van der Waals surface area contributed by atoms with Gasteiger partial charge >= 0.3 is 5.97 Å². The smallest absolute Gasteiger partial charge is 0.306 e. The second kappa shape index (κ2) is 7.03. The number of hydrogen-bond donors (Lipinski definition) is 1. The molecule has 1 saturated carbocycles. The molecule has 1 amide bonds. The summed E-state index contributed by atoms with van der Waals surface area (Å²) in [5, 5.41) is 2.79. The van der Waals surface area contributed by atoms with Crippen LogP contribution in [0.15, 0.2) is 0 Å². The molecule has 19 heavy (non-hydrogen) atoms. The Morgan fingerprint density at radius 3 is 2.53 bits per heavy atom. The maximum Gasteiger partial charge on any atom is 0.306 e. The molecule has 0 aromatic rings. The quantitative estimate of drug-likeness (QED) is 0.676. The van der Waals surface area contributed by atoms with Crippen molar-refractivity contribution in [2.75, 3.05) is 18.6 Å². The van der Waals surface area contributed by atoms with E-state index in [2.05, 4.69) is 10.1 Å². The summed E-state index contributed by atoms with van der Waals surface area (Å²) >= 11 is 0. The number of rotatable bonds is 8. The Bertz CT molecular complexity index is 366. The molecule has 1 fully saturated rings. The second-order valence-corrected chi connectivity index (χ2v) is 6.82. The summed E-state index contributed by atoms with van der Waals surface area (Å²) in [6, 6.07) is 0.106. The number of esters is 1. The molecule has 0 aromatic heterocycles. The summed E-state index contributed by atoms with van der Waals surface area (Å²) in [7, 11) is 0.142. The minimum Gasteiger partial charge on any atom is -0.469 e. The maximum atomic E-state index is 11.9. The van der Waals surface area contributed by atoms with Crippen LogP contribution in [0, 0.1) is 5.41 Å². The molecule has 2 atom stereocenters. The van der Waals surface area contributed by atoms with Crippen molar-refractivity contribution in [2.24, 2.45) is 5.41 Å². The molecule has 0 saturated heterocycles. The SMILES string of the molecule is CCC(C)NC(=O)CS(=O)CC1(CC(=O)OC)CC1. The molecule has 0 radical (unpaired) electrons. The third-order valence-electron chi connectivity index (χ3n) is 3.48. The van der Waals surface area contributed by atoms with Gasteiger partial charge in [-0.25, -0.2) is 0 Å². The van der Waals surface area contributed by atoms with E-state index in [9.17, 15) is 13.8 Å². The zero-order valence-electron chi connectivity index (χ0n) is 11.9. The van der Waals surface area contributed by atoms with E-state index in [1.54, 1.807) is 0 Å². The van der Waals surface area contributed by atoms with Crippen molar-refractivity contribution in [3.05, 3.63) is 0 Å². The Morgan fingerprint density at radius 2 is 2.05 bits per heavy atom. The third-order valence-corrected chi connectivity index (χ3v) is 5.00. The van der Waals surface area contributed by atoms with Crippen molar-refractivity contribution in [2.45, 2.75) is 45.6 Å². The minimum absolute atomic E-state index is 0.0211. The normalized spacial score (nSPS) is 19.3. The van der Waals surface area contributed by atoms with Crippen LogP contribution in [0.25, 0.3) is 0 Å². The topological polar surface area (TPSA) is 72.5 Å². The fraction of sp³-hybridized carbons (Fsp3) is 0.846. The molecule has 0 bridgehead atoms. The highest BCUT2D eigenvalue weighted by molar-refractivity contribution is 7.85. The van der Waals surface area contributed by atoms with Crippen LogP contribution >= 0.6 is 0 Å². The molecular formula is C13H23NO4S. The van der Waals surface area contributed by atoms with Gasteiger partial charge in [-0.05, 0) is 31.6 Å². The number of carbonyl (C=O) groups excluding carboxylic acids is 2. The first-order chi connectivity index (χ1) is 8.90. The van der Waals surface area contributed by atoms with E-state index < -0.39 is 10.8 Å². The highest BCUT2D eigenvalue weighted by Gasteiger charge is 2.46. The average molecular weight is 289 g/mol. The summed E-state index contributed by atoms with van der Waals surface area (Å²) in [6.07, 6.45) is 2.94. The first kappa shape index (κ1) is 16.1. The number of amides is 1. The van der Waals surface area contributed by atoms with Gasteiger partial charge in [0.05, 0.1) is 13.5 Å². The lowest BCUT2D eigenvalue weighted by atomic mass is 10.1. The van der Waals surface area contributed by atoms with Gasteiger partial charge in [0.1, 0.15) is 5.75 Å². The van der Waals surface area contributed by atoms with Crippen molar-refractivity contribution in [3.63, 3.8) is 0 Å². The molecule has 2 unspecified atom stereocenters. The summed E-state index contributed by atoms with van der Waals surface area (Å²) in [4.78, 5) is 22.9. The Kier molecular flexibility index (Phi) is 5.97.